The fourth-order valence-corrected chi connectivity index (χ4v) is 1.53. The maximum atomic E-state index is 13.0. The van der Waals surface area contributed by atoms with Crippen LogP contribution in [0.2, 0.25) is 0 Å². The molecule has 1 heterocycles. The van der Waals surface area contributed by atoms with Gasteiger partial charge in [0.15, 0.2) is 0 Å². The third-order valence-electron chi connectivity index (χ3n) is 2.22. The summed E-state index contributed by atoms with van der Waals surface area (Å²) in [5.41, 5.74) is 2.39. The molecule has 0 amide bonds. The van der Waals surface area contributed by atoms with Gasteiger partial charge in [0.25, 0.3) is 0 Å². The standard InChI is InChI=1S/C11H10ClFN2/c1-7-4-8(2-3-9(7)13)10-6-14-11(5-12)15-10/h2-4,6H,5H2,1H3,(H,14,15). The van der Waals surface area contributed by atoms with E-state index in [2.05, 4.69) is 9.97 Å². The lowest BCUT2D eigenvalue weighted by Crippen LogP contribution is -1.85. The molecule has 0 radical (unpaired) electrons. The molecule has 4 heteroatoms. The van der Waals surface area contributed by atoms with Crippen LogP contribution in [0.25, 0.3) is 11.3 Å². The zero-order valence-electron chi connectivity index (χ0n) is 8.22. The molecule has 0 saturated heterocycles. The smallest absolute Gasteiger partial charge is 0.126 e. The molecule has 1 N–H and O–H groups in total. The molecule has 0 aliphatic rings. The van der Waals surface area contributed by atoms with Crippen molar-refractivity contribution in [3.8, 4) is 11.3 Å². The first-order valence-corrected chi connectivity index (χ1v) is 5.10. The maximum absolute atomic E-state index is 13.0. The summed E-state index contributed by atoms with van der Waals surface area (Å²) in [5.74, 6) is 0.865. The van der Waals surface area contributed by atoms with Crippen LogP contribution in [0.1, 0.15) is 11.4 Å². The molecule has 2 nitrogen and oxygen atoms in total. The quantitative estimate of drug-likeness (QED) is 0.780. The fourth-order valence-electron chi connectivity index (χ4n) is 1.39. The number of alkyl halides is 1. The molecular weight excluding hydrogens is 215 g/mol. The number of aromatic nitrogens is 2. The molecular formula is C11H10ClFN2. The Bertz CT molecular complexity index is 479. The first-order chi connectivity index (χ1) is 7.20. The van der Waals surface area contributed by atoms with Gasteiger partial charge in [-0.05, 0) is 30.7 Å². The van der Waals surface area contributed by atoms with Crippen molar-refractivity contribution in [1.29, 1.82) is 0 Å². The van der Waals surface area contributed by atoms with Gasteiger partial charge < -0.3 is 4.98 Å². The van der Waals surface area contributed by atoms with E-state index in [1.807, 2.05) is 0 Å². The number of H-pyrrole nitrogens is 1. The van der Waals surface area contributed by atoms with Crippen LogP contribution in [0.15, 0.2) is 24.4 Å². The second kappa shape index (κ2) is 4.03. The molecule has 0 saturated carbocycles. The van der Waals surface area contributed by atoms with E-state index in [0.29, 0.717) is 17.3 Å². The average Bonchev–Trinajstić information content (AvgIpc) is 2.70. The van der Waals surface area contributed by atoms with Crippen molar-refractivity contribution in [3.63, 3.8) is 0 Å². The highest BCUT2D eigenvalue weighted by Crippen LogP contribution is 2.20. The Morgan fingerprint density at radius 1 is 1.47 bits per heavy atom. The summed E-state index contributed by atoms with van der Waals surface area (Å²) in [6, 6.07) is 4.95. The SMILES string of the molecule is Cc1cc(-c2cnc(CCl)[nH]2)ccc1F. The predicted octanol–water partition coefficient (Wildman–Crippen LogP) is 3.26. The number of nitrogens with zero attached hydrogens (tertiary/aromatic N) is 1. The summed E-state index contributed by atoms with van der Waals surface area (Å²) in [6.45, 7) is 1.73. The van der Waals surface area contributed by atoms with Crippen molar-refractivity contribution >= 4 is 11.6 Å². The molecule has 2 rings (SSSR count). The lowest BCUT2D eigenvalue weighted by Gasteiger charge is -2.00. The first kappa shape index (κ1) is 10.2. The van der Waals surface area contributed by atoms with Crippen LogP contribution in [0.3, 0.4) is 0 Å². The number of hydrogen-bond acceptors (Lipinski definition) is 1. The lowest BCUT2D eigenvalue weighted by atomic mass is 10.1. The Morgan fingerprint density at radius 3 is 2.87 bits per heavy atom. The van der Waals surface area contributed by atoms with Crippen LogP contribution in [-0.4, -0.2) is 9.97 Å². The Labute approximate surface area is 92.1 Å². The number of aryl methyl sites for hydroxylation is 1. The maximum Gasteiger partial charge on any atom is 0.126 e. The number of hydrogen-bond donors (Lipinski definition) is 1. The van der Waals surface area contributed by atoms with Gasteiger partial charge in [0.2, 0.25) is 0 Å². The highest BCUT2D eigenvalue weighted by atomic mass is 35.5. The number of nitrogens with one attached hydrogen (secondary N) is 1. The lowest BCUT2D eigenvalue weighted by molar-refractivity contribution is 0.619. The molecule has 15 heavy (non-hydrogen) atoms. The van der Waals surface area contributed by atoms with Gasteiger partial charge in [0.05, 0.1) is 17.8 Å². The Morgan fingerprint density at radius 2 is 2.27 bits per heavy atom. The molecule has 0 fully saturated rings. The van der Waals surface area contributed by atoms with E-state index in [1.165, 1.54) is 6.07 Å². The molecule has 1 aromatic heterocycles. The average molecular weight is 225 g/mol. The third-order valence-corrected chi connectivity index (χ3v) is 2.48. The number of imidazole rings is 1. The van der Waals surface area contributed by atoms with Crippen molar-refractivity contribution in [2.24, 2.45) is 0 Å². The van der Waals surface area contributed by atoms with E-state index in [-0.39, 0.29) is 5.82 Å². The number of rotatable bonds is 2. The second-order valence-electron chi connectivity index (χ2n) is 3.34. The van der Waals surface area contributed by atoms with Gasteiger partial charge in [-0.2, -0.15) is 0 Å². The highest BCUT2D eigenvalue weighted by molar-refractivity contribution is 6.16. The minimum absolute atomic E-state index is 0.198. The van der Waals surface area contributed by atoms with Crippen molar-refractivity contribution in [3.05, 3.63) is 41.6 Å². The molecule has 0 atom stereocenters. The van der Waals surface area contributed by atoms with E-state index >= 15 is 0 Å². The second-order valence-corrected chi connectivity index (χ2v) is 3.61. The Kier molecular flexibility index (Phi) is 2.73. The normalized spacial score (nSPS) is 10.6. The van der Waals surface area contributed by atoms with Crippen molar-refractivity contribution in [1.82, 2.24) is 9.97 Å². The summed E-state index contributed by atoms with van der Waals surface area (Å²) in [4.78, 5) is 7.14. The minimum atomic E-state index is -0.198. The fraction of sp³-hybridized carbons (Fsp3) is 0.182. The van der Waals surface area contributed by atoms with Gasteiger partial charge in [-0.15, -0.1) is 11.6 Å². The Hall–Kier alpha value is -1.35. The zero-order chi connectivity index (χ0) is 10.8. The molecule has 0 aliphatic carbocycles. The zero-order valence-corrected chi connectivity index (χ0v) is 8.98. The van der Waals surface area contributed by atoms with Gasteiger partial charge in [0, 0.05) is 5.56 Å². The van der Waals surface area contributed by atoms with Crippen molar-refractivity contribution in [2.45, 2.75) is 12.8 Å². The van der Waals surface area contributed by atoms with Gasteiger partial charge in [-0.3, -0.25) is 0 Å². The van der Waals surface area contributed by atoms with Gasteiger partial charge in [-0.25, -0.2) is 9.37 Å². The van der Waals surface area contributed by atoms with E-state index in [1.54, 1.807) is 25.3 Å². The summed E-state index contributed by atoms with van der Waals surface area (Å²) < 4.78 is 13.0. The van der Waals surface area contributed by atoms with Crippen LogP contribution in [0, 0.1) is 12.7 Å². The molecule has 1 aromatic carbocycles. The summed E-state index contributed by atoms with van der Waals surface area (Å²) in [6.07, 6.45) is 1.70. The minimum Gasteiger partial charge on any atom is -0.341 e. The highest BCUT2D eigenvalue weighted by Gasteiger charge is 2.04. The molecule has 78 valence electrons. The largest absolute Gasteiger partial charge is 0.341 e. The Balaban J connectivity index is 2.40. The topological polar surface area (TPSA) is 28.7 Å². The van der Waals surface area contributed by atoms with Crippen LogP contribution in [0.4, 0.5) is 4.39 Å². The molecule has 0 bridgehead atoms. The van der Waals surface area contributed by atoms with Crippen LogP contribution in [-0.2, 0) is 5.88 Å². The van der Waals surface area contributed by atoms with Crippen LogP contribution >= 0.6 is 11.6 Å². The molecule has 0 aliphatic heterocycles. The number of benzene rings is 1. The van der Waals surface area contributed by atoms with E-state index < -0.39 is 0 Å². The molecule has 0 unspecified atom stereocenters. The monoisotopic (exact) mass is 224 g/mol. The predicted molar refractivity (Wildman–Crippen MR) is 58.3 cm³/mol. The van der Waals surface area contributed by atoms with Crippen molar-refractivity contribution < 1.29 is 4.39 Å². The van der Waals surface area contributed by atoms with E-state index in [9.17, 15) is 4.39 Å². The molecule has 2 aromatic rings. The number of halogens is 2. The first-order valence-electron chi connectivity index (χ1n) is 4.57. The van der Waals surface area contributed by atoms with Gasteiger partial charge in [-0.1, -0.05) is 0 Å². The summed E-state index contributed by atoms with van der Waals surface area (Å²) in [7, 11) is 0. The van der Waals surface area contributed by atoms with Crippen LogP contribution < -0.4 is 0 Å². The number of aromatic amines is 1. The van der Waals surface area contributed by atoms with Crippen LogP contribution in [0.5, 0.6) is 0 Å². The van der Waals surface area contributed by atoms with E-state index in [4.69, 9.17) is 11.6 Å². The third kappa shape index (κ3) is 2.02. The summed E-state index contributed by atoms with van der Waals surface area (Å²) in [5, 5.41) is 0. The molecule has 0 spiro atoms. The van der Waals surface area contributed by atoms with Crippen molar-refractivity contribution in [2.75, 3.05) is 0 Å². The van der Waals surface area contributed by atoms with E-state index in [0.717, 1.165) is 11.3 Å². The van der Waals surface area contributed by atoms with Gasteiger partial charge in [0.1, 0.15) is 11.6 Å². The summed E-state index contributed by atoms with van der Waals surface area (Å²) >= 11 is 5.63. The van der Waals surface area contributed by atoms with Gasteiger partial charge >= 0.3 is 0 Å².